The van der Waals surface area contributed by atoms with Crippen molar-refractivity contribution in [1.82, 2.24) is 9.62 Å². The van der Waals surface area contributed by atoms with Gasteiger partial charge >= 0.3 is 6.09 Å². The van der Waals surface area contributed by atoms with E-state index in [1.807, 2.05) is 6.92 Å². The van der Waals surface area contributed by atoms with Gasteiger partial charge in [-0.25, -0.2) is 17.9 Å². The molecule has 0 bridgehead atoms. The fourth-order valence-corrected chi connectivity index (χ4v) is 3.07. The minimum Gasteiger partial charge on any atom is -0.445 e. The summed E-state index contributed by atoms with van der Waals surface area (Å²) in [5.41, 5.74) is 0. The van der Waals surface area contributed by atoms with E-state index in [0.717, 1.165) is 11.1 Å². The van der Waals surface area contributed by atoms with E-state index in [4.69, 9.17) is 28.6 Å². The fourth-order valence-electron chi connectivity index (χ4n) is 2.23. The molecule has 0 aromatic carbocycles. The number of carbonyl (C=O) groups is 1. The molecule has 0 aliphatic carbocycles. The zero-order valence-electron chi connectivity index (χ0n) is 13.1. The number of halogens is 1. The summed E-state index contributed by atoms with van der Waals surface area (Å²) in [4.78, 5) is 14.5. The first kappa shape index (κ1) is 20.1. The molecule has 9 heteroatoms. The second-order valence-electron chi connectivity index (χ2n) is 5.29. The summed E-state index contributed by atoms with van der Waals surface area (Å²) in [5, 5.41) is 0.385. The van der Waals surface area contributed by atoms with E-state index in [2.05, 4.69) is 11.3 Å². The summed E-state index contributed by atoms with van der Waals surface area (Å²) in [7, 11) is -3.30. The predicted molar refractivity (Wildman–Crippen MR) is 95.2 cm³/mol. The van der Waals surface area contributed by atoms with E-state index < -0.39 is 16.1 Å². The zero-order chi connectivity index (χ0) is 17.6. The highest BCUT2D eigenvalue weighted by molar-refractivity contribution is 7.88. The van der Waals surface area contributed by atoms with E-state index in [-0.39, 0.29) is 25.1 Å². The summed E-state index contributed by atoms with van der Waals surface area (Å²) in [6.07, 6.45) is 4.19. The number of amides is 1. The highest BCUT2D eigenvalue weighted by atomic mass is 35.5. The van der Waals surface area contributed by atoms with Crippen molar-refractivity contribution in [2.45, 2.75) is 19.4 Å². The number of nitrogens with zero attached hydrogens (tertiary/aromatic N) is 1. The van der Waals surface area contributed by atoms with E-state index >= 15 is 0 Å². The van der Waals surface area contributed by atoms with E-state index in [1.54, 1.807) is 6.08 Å². The van der Waals surface area contributed by atoms with Crippen LogP contribution < -0.4 is 4.72 Å². The Morgan fingerprint density at radius 3 is 2.74 bits per heavy atom. The molecule has 0 aromatic heterocycles. The number of sulfonamides is 1. The number of hydrogen-bond donors (Lipinski definition) is 1. The van der Waals surface area contributed by atoms with Gasteiger partial charge in [0.15, 0.2) is 0 Å². The molecule has 1 N–H and O–H groups in total. The molecule has 130 valence electrons. The number of rotatable bonds is 7. The van der Waals surface area contributed by atoms with Gasteiger partial charge in [0.05, 0.1) is 12.3 Å². The van der Waals surface area contributed by atoms with Crippen LogP contribution in [0.1, 0.15) is 13.3 Å². The minimum atomic E-state index is -3.30. The van der Waals surface area contributed by atoms with Crippen LogP contribution in [0.5, 0.6) is 0 Å². The van der Waals surface area contributed by atoms with E-state index in [1.165, 1.54) is 11.0 Å². The highest BCUT2D eigenvalue weighted by Crippen LogP contribution is 2.31. The van der Waals surface area contributed by atoms with Crippen LogP contribution in [-0.2, 0) is 14.8 Å². The van der Waals surface area contributed by atoms with Crippen LogP contribution in [-0.4, -0.2) is 56.3 Å². The van der Waals surface area contributed by atoms with Gasteiger partial charge in [0.2, 0.25) is 10.0 Å². The predicted octanol–water partition coefficient (Wildman–Crippen LogP) is 2.06. The SMILES string of the molecule is C=CCOC(=O)N1C[C@@H](C(C)=S)C[C@H]1/C(Cl)=C\CNS(C)(=O)=O. The Bertz CT molecular complexity index is 604. The number of thiocarbonyl (C=S) groups is 1. The Kier molecular flexibility index (Phi) is 7.66. The molecule has 2 atom stereocenters. The molecule has 6 nitrogen and oxygen atoms in total. The average Bonchev–Trinajstić information content (AvgIpc) is 2.88. The standard InChI is InChI=1S/C14H21ClN2O4S2/c1-4-7-21-14(18)17-9-11(10(2)22)8-13(17)12(15)5-6-16-23(3,19)20/h4-5,11,13,16H,1,6-9H2,2-3H3/b12-5+/t11-,13-/m0/s1. The van der Waals surface area contributed by atoms with Crippen LogP contribution >= 0.6 is 23.8 Å². The van der Waals surface area contributed by atoms with Gasteiger partial charge in [0.1, 0.15) is 6.61 Å². The number of ether oxygens (including phenoxy) is 1. The molecule has 0 unspecified atom stereocenters. The van der Waals surface area contributed by atoms with Crippen molar-refractivity contribution in [1.29, 1.82) is 0 Å². The zero-order valence-corrected chi connectivity index (χ0v) is 15.5. The summed E-state index contributed by atoms with van der Waals surface area (Å²) < 4.78 is 29.5. The van der Waals surface area contributed by atoms with Gasteiger partial charge in [-0.15, -0.1) is 0 Å². The quantitative estimate of drug-likeness (QED) is 0.540. The number of hydrogen-bond acceptors (Lipinski definition) is 5. The molecular formula is C14H21ClN2O4S2. The van der Waals surface area contributed by atoms with Crippen LogP contribution in [0.4, 0.5) is 4.79 Å². The number of carbonyl (C=O) groups excluding carboxylic acids is 1. The van der Waals surface area contributed by atoms with Gasteiger partial charge in [0.25, 0.3) is 0 Å². The average molecular weight is 381 g/mol. The summed E-state index contributed by atoms with van der Waals surface area (Å²) >= 11 is 11.5. The molecule has 0 aromatic rings. The maximum atomic E-state index is 12.1. The van der Waals surface area contributed by atoms with Gasteiger partial charge in [-0.1, -0.05) is 42.5 Å². The van der Waals surface area contributed by atoms with Gasteiger partial charge in [-0.2, -0.15) is 0 Å². The molecular weight excluding hydrogens is 360 g/mol. The highest BCUT2D eigenvalue weighted by Gasteiger charge is 2.38. The molecule has 1 saturated heterocycles. The van der Waals surface area contributed by atoms with Crippen molar-refractivity contribution < 1.29 is 17.9 Å². The molecule has 1 amide bonds. The van der Waals surface area contributed by atoms with Crippen LogP contribution in [0.25, 0.3) is 0 Å². The minimum absolute atomic E-state index is 0.0521. The van der Waals surface area contributed by atoms with Crippen molar-refractivity contribution in [2.24, 2.45) is 5.92 Å². The number of nitrogens with one attached hydrogen (secondary N) is 1. The third-order valence-corrected chi connectivity index (χ3v) is 4.83. The lowest BCUT2D eigenvalue weighted by atomic mass is 10.0. The third kappa shape index (κ3) is 6.58. The van der Waals surface area contributed by atoms with E-state index in [0.29, 0.717) is 18.0 Å². The maximum absolute atomic E-state index is 12.1. The Balaban J connectivity index is 2.84. The topological polar surface area (TPSA) is 75.7 Å². The molecule has 1 fully saturated rings. The Labute approximate surface area is 147 Å². The number of likely N-dealkylation sites (tertiary alicyclic amines) is 1. The largest absolute Gasteiger partial charge is 0.445 e. The smallest absolute Gasteiger partial charge is 0.410 e. The molecule has 1 rings (SSSR count). The van der Waals surface area contributed by atoms with Crippen molar-refractivity contribution >= 4 is 44.8 Å². The first-order valence-corrected chi connectivity index (χ1v) is 9.68. The molecule has 1 heterocycles. The van der Waals surface area contributed by atoms with Crippen LogP contribution in [0.15, 0.2) is 23.8 Å². The molecule has 1 aliphatic heterocycles. The Morgan fingerprint density at radius 2 is 2.22 bits per heavy atom. The van der Waals surface area contributed by atoms with Gasteiger partial charge in [-0.3, -0.25) is 4.90 Å². The van der Waals surface area contributed by atoms with Crippen molar-refractivity contribution in [3.63, 3.8) is 0 Å². The first-order valence-electron chi connectivity index (χ1n) is 7.00. The molecule has 23 heavy (non-hydrogen) atoms. The van der Waals surface area contributed by atoms with Crippen LogP contribution in [0.3, 0.4) is 0 Å². The van der Waals surface area contributed by atoms with Gasteiger partial charge < -0.3 is 4.74 Å². The summed E-state index contributed by atoms with van der Waals surface area (Å²) in [6, 6.07) is -0.377. The first-order chi connectivity index (χ1) is 10.7. The molecule has 0 spiro atoms. The Hall–Kier alpha value is -0.960. The molecule has 1 aliphatic rings. The fraction of sp³-hybridized carbons (Fsp3) is 0.571. The molecule has 0 saturated carbocycles. The molecule has 0 radical (unpaired) electrons. The lowest BCUT2D eigenvalue weighted by Gasteiger charge is -2.23. The second kappa shape index (κ2) is 8.77. The van der Waals surface area contributed by atoms with Crippen molar-refractivity contribution in [2.75, 3.05) is 26.0 Å². The van der Waals surface area contributed by atoms with Crippen molar-refractivity contribution in [3.05, 3.63) is 23.8 Å². The van der Waals surface area contributed by atoms with Gasteiger partial charge in [-0.05, 0) is 18.2 Å². The monoisotopic (exact) mass is 380 g/mol. The Morgan fingerprint density at radius 1 is 1.57 bits per heavy atom. The van der Waals surface area contributed by atoms with E-state index in [9.17, 15) is 13.2 Å². The van der Waals surface area contributed by atoms with Crippen LogP contribution in [0.2, 0.25) is 0 Å². The normalized spacial score (nSPS) is 22.0. The summed E-state index contributed by atoms with van der Waals surface area (Å²) in [6.45, 7) is 5.93. The summed E-state index contributed by atoms with van der Waals surface area (Å²) in [5.74, 6) is 0.0521. The maximum Gasteiger partial charge on any atom is 0.410 e. The lowest BCUT2D eigenvalue weighted by molar-refractivity contribution is 0.113. The third-order valence-electron chi connectivity index (χ3n) is 3.40. The van der Waals surface area contributed by atoms with Crippen LogP contribution in [0, 0.1) is 5.92 Å². The van der Waals surface area contributed by atoms with Gasteiger partial charge in [0, 0.05) is 24.0 Å². The second-order valence-corrected chi connectivity index (χ2v) is 8.20. The van der Waals surface area contributed by atoms with Crippen molar-refractivity contribution in [3.8, 4) is 0 Å². The lowest BCUT2D eigenvalue weighted by Crippen LogP contribution is -2.37.